The zero-order chi connectivity index (χ0) is 13.8. The Morgan fingerprint density at radius 2 is 2.00 bits per heavy atom. The molecule has 1 aromatic carbocycles. The van der Waals surface area contributed by atoms with E-state index in [1.54, 1.807) is 13.2 Å². The molecule has 2 aromatic rings. The van der Waals surface area contributed by atoms with Crippen LogP contribution in [-0.4, -0.2) is 12.0 Å². The minimum atomic E-state index is -0.437. The fraction of sp³-hybridized carbons (Fsp3) is 0.267. The number of nitrogens with one attached hydrogen (secondary N) is 1. The molecule has 1 aromatic heterocycles. The van der Waals surface area contributed by atoms with Gasteiger partial charge in [0.1, 0.15) is 11.6 Å². The molecule has 1 heterocycles. The Morgan fingerprint density at radius 1 is 1.21 bits per heavy atom. The summed E-state index contributed by atoms with van der Waals surface area (Å²) in [4.78, 5) is 4.29. The molecule has 2 nitrogen and oxygen atoms in total. The van der Waals surface area contributed by atoms with Gasteiger partial charge in [-0.3, -0.25) is 4.98 Å². The van der Waals surface area contributed by atoms with Crippen molar-refractivity contribution >= 4 is 0 Å². The number of benzene rings is 1. The van der Waals surface area contributed by atoms with Gasteiger partial charge < -0.3 is 5.32 Å². The van der Waals surface area contributed by atoms with Gasteiger partial charge in [-0.2, -0.15) is 0 Å². The molecule has 0 bridgehead atoms. The summed E-state index contributed by atoms with van der Waals surface area (Å²) < 4.78 is 27.0. The molecule has 0 saturated heterocycles. The summed E-state index contributed by atoms with van der Waals surface area (Å²) in [6.07, 6.45) is 2.28. The second-order valence-electron chi connectivity index (χ2n) is 4.54. The van der Waals surface area contributed by atoms with E-state index >= 15 is 0 Å². The van der Waals surface area contributed by atoms with Crippen LogP contribution in [0.2, 0.25) is 0 Å². The van der Waals surface area contributed by atoms with Crippen molar-refractivity contribution in [3.63, 3.8) is 0 Å². The van der Waals surface area contributed by atoms with E-state index in [0.29, 0.717) is 12.0 Å². The second-order valence-corrected chi connectivity index (χ2v) is 4.54. The van der Waals surface area contributed by atoms with Crippen LogP contribution in [0, 0.1) is 18.6 Å². The maximum atomic E-state index is 13.7. The van der Waals surface area contributed by atoms with Crippen molar-refractivity contribution in [2.75, 3.05) is 7.05 Å². The zero-order valence-electron chi connectivity index (χ0n) is 11.0. The average molecular weight is 262 g/mol. The van der Waals surface area contributed by atoms with Gasteiger partial charge in [0.2, 0.25) is 0 Å². The van der Waals surface area contributed by atoms with E-state index in [9.17, 15) is 8.78 Å². The molecule has 0 aliphatic carbocycles. The lowest BCUT2D eigenvalue weighted by atomic mass is 10.0. The predicted molar refractivity (Wildman–Crippen MR) is 70.8 cm³/mol. The average Bonchev–Trinajstić information content (AvgIpc) is 2.41. The fourth-order valence-electron chi connectivity index (χ4n) is 1.98. The maximum Gasteiger partial charge on any atom is 0.128 e. The summed E-state index contributed by atoms with van der Waals surface area (Å²) in [5, 5.41) is 3.00. The molecule has 0 aliphatic rings. The van der Waals surface area contributed by atoms with Crippen molar-refractivity contribution in [2.45, 2.75) is 19.4 Å². The van der Waals surface area contributed by atoms with Gasteiger partial charge in [-0.15, -0.1) is 0 Å². The lowest BCUT2D eigenvalue weighted by molar-refractivity contribution is 0.519. The third-order valence-electron chi connectivity index (χ3n) is 3.07. The minimum Gasteiger partial charge on any atom is -0.313 e. The van der Waals surface area contributed by atoms with Crippen LogP contribution in [0.5, 0.6) is 0 Å². The first-order valence-electron chi connectivity index (χ1n) is 6.14. The number of likely N-dealkylation sites (N-methyl/N-ethyl adjacent to an activating group) is 1. The molecule has 0 aliphatic heterocycles. The normalized spacial score (nSPS) is 12.4. The number of hydrogen-bond acceptors (Lipinski definition) is 2. The molecule has 0 radical (unpaired) electrons. The number of aromatic nitrogens is 1. The maximum absolute atomic E-state index is 13.7. The summed E-state index contributed by atoms with van der Waals surface area (Å²) in [7, 11) is 1.73. The van der Waals surface area contributed by atoms with Crippen LogP contribution in [0.15, 0.2) is 36.5 Å². The molecular formula is C15H16F2N2. The molecule has 1 unspecified atom stereocenters. The van der Waals surface area contributed by atoms with Crippen molar-refractivity contribution in [1.82, 2.24) is 10.3 Å². The molecule has 0 amide bonds. The van der Waals surface area contributed by atoms with Crippen LogP contribution in [-0.2, 0) is 6.42 Å². The highest BCUT2D eigenvalue weighted by molar-refractivity contribution is 5.24. The van der Waals surface area contributed by atoms with Crippen molar-refractivity contribution in [3.05, 3.63) is 65.0 Å². The van der Waals surface area contributed by atoms with Gasteiger partial charge in [-0.1, -0.05) is 6.07 Å². The molecule has 2 rings (SSSR count). The van der Waals surface area contributed by atoms with E-state index < -0.39 is 11.6 Å². The van der Waals surface area contributed by atoms with Gasteiger partial charge in [0.25, 0.3) is 0 Å². The molecular weight excluding hydrogens is 246 g/mol. The summed E-state index contributed by atoms with van der Waals surface area (Å²) in [5.74, 6) is -0.846. The van der Waals surface area contributed by atoms with Crippen LogP contribution in [0.1, 0.15) is 22.9 Å². The topological polar surface area (TPSA) is 24.9 Å². The lowest BCUT2D eigenvalue weighted by Gasteiger charge is -2.17. The summed E-state index contributed by atoms with van der Waals surface area (Å²) in [6.45, 7) is 1.96. The van der Waals surface area contributed by atoms with Crippen molar-refractivity contribution < 1.29 is 8.78 Å². The number of rotatable bonds is 4. The quantitative estimate of drug-likeness (QED) is 0.915. The van der Waals surface area contributed by atoms with Crippen LogP contribution in [0.4, 0.5) is 8.78 Å². The summed E-state index contributed by atoms with van der Waals surface area (Å²) in [6, 6.07) is 7.05. The highest BCUT2D eigenvalue weighted by Crippen LogP contribution is 2.21. The first-order chi connectivity index (χ1) is 9.10. The molecule has 0 spiro atoms. The number of halogens is 2. The Morgan fingerprint density at radius 3 is 2.63 bits per heavy atom. The van der Waals surface area contributed by atoms with Crippen molar-refractivity contribution in [1.29, 1.82) is 0 Å². The van der Waals surface area contributed by atoms with E-state index in [1.807, 2.05) is 19.1 Å². The molecule has 1 N–H and O–H groups in total. The molecule has 100 valence electrons. The van der Waals surface area contributed by atoms with Crippen LogP contribution in [0.3, 0.4) is 0 Å². The monoisotopic (exact) mass is 262 g/mol. The molecule has 1 atom stereocenters. The molecule has 0 saturated carbocycles. The standard InChI is InChI=1S/C15H16F2N2/c1-10-3-5-12(19-9-10)8-15(18-2)13-7-11(16)4-6-14(13)17/h3-7,9,15,18H,8H2,1-2H3. The minimum absolute atomic E-state index is 0.300. The van der Waals surface area contributed by atoms with Crippen LogP contribution < -0.4 is 5.32 Å². The van der Waals surface area contributed by atoms with E-state index in [4.69, 9.17) is 0 Å². The Kier molecular flexibility index (Phi) is 4.22. The Bertz CT molecular complexity index is 553. The Hall–Kier alpha value is -1.81. The second kappa shape index (κ2) is 5.89. The van der Waals surface area contributed by atoms with E-state index in [-0.39, 0.29) is 6.04 Å². The van der Waals surface area contributed by atoms with Gasteiger partial charge in [0.05, 0.1) is 0 Å². The lowest BCUT2D eigenvalue weighted by Crippen LogP contribution is -2.20. The SMILES string of the molecule is CNC(Cc1ccc(C)cn1)c1cc(F)ccc1F. The number of pyridine rings is 1. The Balaban J connectivity index is 2.24. The third-order valence-corrected chi connectivity index (χ3v) is 3.07. The van der Waals surface area contributed by atoms with Gasteiger partial charge >= 0.3 is 0 Å². The smallest absolute Gasteiger partial charge is 0.128 e. The first-order valence-corrected chi connectivity index (χ1v) is 6.14. The number of hydrogen-bond donors (Lipinski definition) is 1. The Labute approximate surface area is 111 Å². The first kappa shape index (κ1) is 13.6. The van der Waals surface area contributed by atoms with E-state index in [0.717, 1.165) is 23.4 Å². The largest absolute Gasteiger partial charge is 0.313 e. The van der Waals surface area contributed by atoms with Gasteiger partial charge in [0, 0.05) is 29.9 Å². The van der Waals surface area contributed by atoms with E-state index in [2.05, 4.69) is 10.3 Å². The van der Waals surface area contributed by atoms with Gasteiger partial charge in [-0.05, 0) is 43.8 Å². The van der Waals surface area contributed by atoms with Gasteiger partial charge in [0.15, 0.2) is 0 Å². The fourth-order valence-corrected chi connectivity index (χ4v) is 1.98. The predicted octanol–water partition coefficient (Wildman–Crippen LogP) is 3.17. The van der Waals surface area contributed by atoms with Crippen molar-refractivity contribution in [2.24, 2.45) is 0 Å². The van der Waals surface area contributed by atoms with Crippen LogP contribution >= 0.6 is 0 Å². The zero-order valence-corrected chi connectivity index (χ0v) is 11.0. The summed E-state index contributed by atoms with van der Waals surface area (Å²) in [5.41, 5.74) is 2.24. The molecule has 4 heteroatoms. The van der Waals surface area contributed by atoms with Gasteiger partial charge in [-0.25, -0.2) is 8.78 Å². The molecule has 0 fully saturated rings. The van der Waals surface area contributed by atoms with Crippen molar-refractivity contribution in [3.8, 4) is 0 Å². The highest BCUT2D eigenvalue weighted by atomic mass is 19.1. The number of nitrogens with zero attached hydrogens (tertiary/aromatic N) is 1. The van der Waals surface area contributed by atoms with Crippen LogP contribution in [0.25, 0.3) is 0 Å². The van der Waals surface area contributed by atoms with E-state index in [1.165, 1.54) is 6.07 Å². The highest BCUT2D eigenvalue weighted by Gasteiger charge is 2.16. The summed E-state index contributed by atoms with van der Waals surface area (Å²) >= 11 is 0. The third kappa shape index (κ3) is 3.35. The number of aryl methyl sites for hydroxylation is 1. The molecule has 19 heavy (non-hydrogen) atoms.